The van der Waals surface area contributed by atoms with Gasteiger partial charge in [0.15, 0.2) is 0 Å². The first-order valence-electron chi connectivity index (χ1n) is 14.1. The van der Waals surface area contributed by atoms with Crippen LogP contribution in [0.4, 0.5) is 0 Å². The summed E-state index contributed by atoms with van der Waals surface area (Å²) in [5, 5.41) is 5.52. The topological polar surface area (TPSA) is 43.3 Å². The van der Waals surface area contributed by atoms with Crippen LogP contribution in [-0.4, -0.2) is 14.4 Å². The lowest BCUT2D eigenvalue weighted by molar-refractivity contribution is 0.673. The van der Waals surface area contributed by atoms with Crippen molar-refractivity contribution in [1.82, 2.24) is 14.4 Å². The molecule has 0 saturated heterocycles. The highest BCUT2D eigenvalue weighted by molar-refractivity contribution is 6.24. The molecule has 196 valence electrons. The summed E-state index contributed by atoms with van der Waals surface area (Å²) in [7, 11) is 0. The van der Waals surface area contributed by atoms with Crippen molar-refractivity contribution in [1.29, 1.82) is 0 Å². The second kappa shape index (κ2) is 8.88. The summed E-state index contributed by atoms with van der Waals surface area (Å²) < 4.78 is 8.57. The number of nitrogens with zero attached hydrogens (tertiary/aromatic N) is 3. The summed E-state index contributed by atoms with van der Waals surface area (Å²) in [5.41, 5.74) is 9.98. The van der Waals surface area contributed by atoms with Crippen molar-refractivity contribution in [2.45, 2.75) is 0 Å². The zero-order valence-corrected chi connectivity index (χ0v) is 22.5. The molecule has 0 radical (unpaired) electrons. The Morgan fingerprint density at radius 3 is 2.19 bits per heavy atom. The zero-order valence-electron chi connectivity index (χ0n) is 22.5. The van der Waals surface area contributed by atoms with Crippen LogP contribution >= 0.6 is 0 Å². The molecule has 4 aromatic heterocycles. The summed E-state index contributed by atoms with van der Waals surface area (Å²) in [5.74, 6) is 0. The van der Waals surface area contributed by atoms with Crippen LogP contribution < -0.4 is 0 Å². The predicted octanol–water partition coefficient (Wildman–Crippen LogP) is 9.94. The van der Waals surface area contributed by atoms with Gasteiger partial charge in [-0.25, -0.2) is 9.97 Å². The average molecular weight is 538 g/mol. The second-order valence-corrected chi connectivity index (χ2v) is 10.7. The lowest BCUT2D eigenvalue weighted by atomic mass is 9.96. The van der Waals surface area contributed by atoms with Crippen LogP contribution in [0.3, 0.4) is 0 Å². The van der Waals surface area contributed by atoms with E-state index in [2.05, 4.69) is 108 Å². The van der Waals surface area contributed by atoms with Gasteiger partial charge in [0, 0.05) is 50.5 Å². The van der Waals surface area contributed by atoms with Gasteiger partial charge in [-0.1, -0.05) is 91.0 Å². The first-order chi connectivity index (χ1) is 20.8. The van der Waals surface area contributed by atoms with Crippen LogP contribution in [0, 0.1) is 0 Å². The Hall–Kier alpha value is -5.74. The molecule has 0 bridgehead atoms. The van der Waals surface area contributed by atoms with Crippen molar-refractivity contribution >= 4 is 49.3 Å². The van der Waals surface area contributed by atoms with Gasteiger partial charge in [0.25, 0.3) is 0 Å². The molecule has 0 fully saturated rings. The van der Waals surface area contributed by atoms with E-state index in [0.29, 0.717) is 0 Å². The molecular formula is C38H23N3O. The average Bonchev–Trinajstić information content (AvgIpc) is 3.66. The monoisotopic (exact) mass is 537 g/mol. The molecule has 5 aromatic carbocycles. The Bertz CT molecular complexity index is 2470. The number of para-hydroxylation sites is 2. The van der Waals surface area contributed by atoms with Crippen LogP contribution in [0.1, 0.15) is 0 Å². The van der Waals surface area contributed by atoms with Gasteiger partial charge >= 0.3 is 0 Å². The molecule has 0 aliphatic carbocycles. The molecule has 0 atom stereocenters. The van der Waals surface area contributed by atoms with Crippen LogP contribution in [0.2, 0.25) is 0 Å². The van der Waals surface area contributed by atoms with E-state index in [9.17, 15) is 0 Å². The number of imidazole rings is 1. The molecule has 0 aliphatic rings. The normalized spacial score (nSPS) is 11.8. The number of furan rings is 1. The number of benzene rings is 5. The van der Waals surface area contributed by atoms with Crippen molar-refractivity contribution in [3.05, 3.63) is 140 Å². The molecule has 0 amide bonds. The lowest BCUT2D eigenvalue weighted by Gasteiger charge is -2.12. The Morgan fingerprint density at radius 2 is 1.26 bits per heavy atom. The van der Waals surface area contributed by atoms with E-state index in [4.69, 9.17) is 14.4 Å². The van der Waals surface area contributed by atoms with E-state index in [1.807, 2.05) is 36.4 Å². The molecule has 0 aliphatic heterocycles. The number of hydrogen-bond acceptors (Lipinski definition) is 3. The van der Waals surface area contributed by atoms with Gasteiger partial charge in [-0.05, 0) is 47.5 Å². The van der Waals surface area contributed by atoms with Gasteiger partial charge in [-0.3, -0.25) is 0 Å². The van der Waals surface area contributed by atoms with Gasteiger partial charge in [0.05, 0.1) is 16.9 Å². The molecule has 0 saturated carbocycles. The van der Waals surface area contributed by atoms with Gasteiger partial charge in [-0.2, -0.15) is 0 Å². The molecule has 4 heterocycles. The van der Waals surface area contributed by atoms with E-state index in [1.165, 1.54) is 0 Å². The van der Waals surface area contributed by atoms with E-state index >= 15 is 0 Å². The second-order valence-electron chi connectivity index (χ2n) is 10.7. The SMILES string of the molecule is c1ccc(-c2cn3ccc(-c4cccc(-c5nc6ccccc6c6c5ccc5c7ccccc7oc56)c4)cc3n2)cc1. The van der Waals surface area contributed by atoms with Gasteiger partial charge in [0.1, 0.15) is 16.8 Å². The fourth-order valence-corrected chi connectivity index (χ4v) is 6.19. The third-order valence-corrected chi connectivity index (χ3v) is 8.21. The quantitative estimate of drug-likeness (QED) is 0.211. The number of hydrogen-bond donors (Lipinski definition) is 0. The van der Waals surface area contributed by atoms with Gasteiger partial charge < -0.3 is 8.82 Å². The fourth-order valence-electron chi connectivity index (χ4n) is 6.19. The maximum absolute atomic E-state index is 6.50. The molecular weight excluding hydrogens is 514 g/mol. The molecule has 42 heavy (non-hydrogen) atoms. The minimum Gasteiger partial charge on any atom is -0.455 e. The Labute approximate surface area is 241 Å². The highest BCUT2D eigenvalue weighted by atomic mass is 16.3. The maximum atomic E-state index is 6.50. The highest BCUT2D eigenvalue weighted by Gasteiger charge is 2.17. The van der Waals surface area contributed by atoms with Crippen LogP contribution in [0.5, 0.6) is 0 Å². The van der Waals surface area contributed by atoms with Crippen molar-refractivity contribution in [3.63, 3.8) is 0 Å². The summed E-state index contributed by atoms with van der Waals surface area (Å²) >= 11 is 0. The minimum absolute atomic E-state index is 0.897. The Kier molecular flexibility index (Phi) is 4.87. The predicted molar refractivity (Wildman–Crippen MR) is 172 cm³/mol. The van der Waals surface area contributed by atoms with Gasteiger partial charge in [0.2, 0.25) is 0 Å². The third kappa shape index (κ3) is 3.49. The van der Waals surface area contributed by atoms with Crippen molar-refractivity contribution in [2.24, 2.45) is 0 Å². The van der Waals surface area contributed by atoms with E-state index < -0.39 is 0 Å². The maximum Gasteiger partial charge on any atom is 0.144 e. The molecule has 4 nitrogen and oxygen atoms in total. The molecule has 0 unspecified atom stereocenters. The largest absolute Gasteiger partial charge is 0.455 e. The highest BCUT2D eigenvalue weighted by Crippen LogP contribution is 2.41. The van der Waals surface area contributed by atoms with Gasteiger partial charge in [-0.15, -0.1) is 0 Å². The first kappa shape index (κ1) is 23.0. The standard InChI is InChI=1S/C38H23N3O/c1-2-9-24(10-3-1)33-23-41-20-19-26(22-35(41)39-33)25-11-8-12-27(21-25)37-31-18-17-29-28-13-5-7-16-34(28)42-38(29)36(31)30-14-4-6-15-32(30)40-37/h1-23H. The molecule has 0 spiro atoms. The first-order valence-corrected chi connectivity index (χ1v) is 14.1. The summed E-state index contributed by atoms with van der Waals surface area (Å²) in [6, 6.07) is 44.2. The fraction of sp³-hybridized carbons (Fsp3) is 0. The number of fused-ring (bicyclic) bond motifs is 8. The Balaban J connectivity index is 1.23. The van der Waals surface area contributed by atoms with E-state index in [0.717, 1.165) is 82.9 Å². The van der Waals surface area contributed by atoms with Crippen molar-refractivity contribution in [2.75, 3.05) is 0 Å². The summed E-state index contributed by atoms with van der Waals surface area (Å²) in [6.07, 6.45) is 4.16. The zero-order chi connectivity index (χ0) is 27.6. The van der Waals surface area contributed by atoms with Crippen molar-refractivity contribution < 1.29 is 4.42 Å². The van der Waals surface area contributed by atoms with Crippen LogP contribution in [0.15, 0.2) is 144 Å². The smallest absolute Gasteiger partial charge is 0.144 e. The molecule has 4 heteroatoms. The number of pyridine rings is 2. The van der Waals surface area contributed by atoms with E-state index in [-0.39, 0.29) is 0 Å². The molecule has 0 N–H and O–H groups in total. The van der Waals surface area contributed by atoms with Crippen LogP contribution in [-0.2, 0) is 0 Å². The third-order valence-electron chi connectivity index (χ3n) is 8.21. The summed E-state index contributed by atoms with van der Waals surface area (Å²) in [4.78, 5) is 10.1. The number of rotatable bonds is 3. The lowest BCUT2D eigenvalue weighted by Crippen LogP contribution is -1.91. The minimum atomic E-state index is 0.897. The molecule has 9 aromatic rings. The Morgan fingerprint density at radius 1 is 0.524 bits per heavy atom. The summed E-state index contributed by atoms with van der Waals surface area (Å²) in [6.45, 7) is 0. The van der Waals surface area contributed by atoms with E-state index in [1.54, 1.807) is 0 Å². The van der Waals surface area contributed by atoms with Crippen LogP contribution in [0.25, 0.3) is 82.9 Å². The van der Waals surface area contributed by atoms with Crippen molar-refractivity contribution in [3.8, 4) is 33.6 Å². The molecule has 9 rings (SSSR count). The number of aromatic nitrogens is 3.